The van der Waals surface area contributed by atoms with Crippen LogP contribution in [0.25, 0.3) is 0 Å². The molecule has 0 heterocycles. The van der Waals surface area contributed by atoms with Crippen molar-refractivity contribution in [1.82, 2.24) is 4.90 Å². The average Bonchev–Trinajstić information content (AvgIpc) is 1.98. The summed E-state index contributed by atoms with van der Waals surface area (Å²) < 4.78 is 0. The van der Waals surface area contributed by atoms with Crippen LogP contribution in [0.3, 0.4) is 0 Å². The van der Waals surface area contributed by atoms with Gasteiger partial charge in [0.1, 0.15) is 0 Å². The minimum Gasteiger partial charge on any atom is -0.346 e. The van der Waals surface area contributed by atoms with E-state index in [0.717, 1.165) is 13.0 Å². The molecule has 10 heavy (non-hydrogen) atoms. The minimum absolute atomic E-state index is 0.188. The molecule has 0 aromatic heterocycles. The second-order valence-electron chi connectivity index (χ2n) is 2.31. The van der Waals surface area contributed by atoms with E-state index in [2.05, 4.69) is 0 Å². The Hall–Kier alpha value is -0.570. The molecule has 1 amide bonds. The molecule has 0 atom stereocenters. The van der Waals surface area contributed by atoms with Gasteiger partial charge in [0, 0.05) is 20.0 Å². The van der Waals surface area contributed by atoms with Crippen molar-refractivity contribution in [3.63, 3.8) is 0 Å². The van der Waals surface area contributed by atoms with Crippen LogP contribution < -0.4 is 5.73 Å². The van der Waals surface area contributed by atoms with Gasteiger partial charge >= 0.3 is 0 Å². The molecule has 60 valence electrons. The van der Waals surface area contributed by atoms with Crippen molar-refractivity contribution in [2.45, 2.75) is 19.8 Å². The zero-order valence-corrected chi connectivity index (χ0v) is 6.76. The van der Waals surface area contributed by atoms with Crippen LogP contribution in [0.4, 0.5) is 0 Å². The third-order valence-corrected chi connectivity index (χ3v) is 1.43. The van der Waals surface area contributed by atoms with Gasteiger partial charge in [-0.1, -0.05) is 6.92 Å². The molecule has 0 aliphatic carbocycles. The van der Waals surface area contributed by atoms with Crippen molar-refractivity contribution in [1.29, 1.82) is 0 Å². The Morgan fingerprint density at radius 3 is 2.60 bits per heavy atom. The van der Waals surface area contributed by atoms with Crippen molar-refractivity contribution in [3.05, 3.63) is 0 Å². The maximum atomic E-state index is 10.9. The molecule has 0 unspecified atom stereocenters. The smallest absolute Gasteiger partial charge is 0.222 e. The van der Waals surface area contributed by atoms with E-state index in [4.69, 9.17) is 5.73 Å². The van der Waals surface area contributed by atoms with E-state index in [9.17, 15) is 4.79 Å². The van der Waals surface area contributed by atoms with Gasteiger partial charge < -0.3 is 10.6 Å². The van der Waals surface area contributed by atoms with Crippen molar-refractivity contribution in [2.75, 3.05) is 20.1 Å². The lowest BCUT2D eigenvalue weighted by Crippen LogP contribution is -2.28. The molecule has 0 aromatic carbocycles. The van der Waals surface area contributed by atoms with Crippen LogP contribution >= 0.6 is 0 Å². The highest BCUT2D eigenvalue weighted by Crippen LogP contribution is 1.90. The van der Waals surface area contributed by atoms with E-state index in [1.807, 2.05) is 14.0 Å². The van der Waals surface area contributed by atoms with Crippen LogP contribution in [-0.2, 0) is 4.79 Å². The van der Waals surface area contributed by atoms with Gasteiger partial charge in [-0.05, 0) is 13.0 Å². The van der Waals surface area contributed by atoms with Gasteiger partial charge in [-0.2, -0.15) is 0 Å². The number of carbonyl (C=O) groups is 1. The molecule has 0 aliphatic heterocycles. The summed E-state index contributed by atoms with van der Waals surface area (Å²) in [7, 11) is 1.81. The summed E-state index contributed by atoms with van der Waals surface area (Å²) in [5.74, 6) is 0.188. The van der Waals surface area contributed by atoms with Crippen LogP contribution in [-0.4, -0.2) is 30.9 Å². The molecule has 0 saturated carbocycles. The van der Waals surface area contributed by atoms with Crippen LogP contribution in [0.5, 0.6) is 0 Å². The normalized spacial score (nSPS) is 9.50. The fourth-order valence-corrected chi connectivity index (χ4v) is 0.723. The second-order valence-corrected chi connectivity index (χ2v) is 2.31. The molecule has 3 nitrogen and oxygen atoms in total. The van der Waals surface area contributed by atoms with Crippen molar-refractivity contribution >= 4 is 5.91 Å². The zero-order valence-electron chi connectivity index (χ0n) is 6.76. The van der Waals surface area contributed by atoms with Crippen molar-refractivity contribution in [3.8, 4) is 0 Å². The topological polar surface area (TPSA) is 46.3 Å². The molecule has 0 saturated heterocycles. The van der Waals surface area contributed by atoms with E-state index in [1.165, 1.54) is 0 Å². The lowest BCUT2D eigenvalue weighted by molar-refractivity contribution is -0.129. The number of rotatable bonds is 4. The van der Waals surface area contributed by atoms with Crippen LogP contribution in [0, 0.1) is 0 Å². The summed E-state index contributed by atoms with van der Waals surface area (Å²) in [6.07, 6.45) is 1.48. The van der Waals surface area contributed by atoms with Crippen molar-refractivity contribution in [2.24, 2.45) is 5.73 Å². The molecular weight excluding hydrogens is 128 g/mol. The predicted octanol–water partition coefficient (Wildman–Crippen LogP) is 0.204. The van der Waals surface area contributed by atoms with Gasteiger partial charge in [-0.15, -0.1) is 0 Å². The SMILES string of the molecule is CCC(=O)N(C)CCCN. The molecule has 2 N–H and O–H groups in total. The molecule has 0 bridgehead atoms. The standard InChI is InChI=1S/C7H16N2O/c1-3-7(10)9(2)6-4-5-8/h3-6,8H2,1-2H3. The molecule has 0 radical (unpaired) electrons. The summed E-state index contributed by atoms with van der Waals surface area (Å²) >= 11 is 0. The summed E-state index contributed by atoms with van der Waals surface area (Å²) in [6.45, 7) is 3.30. The van der Waals surface area contributed by atoms with Gasteiger partial charge in [-0.25, -0.2) is 0 Å². The average molecular weight is 144 g/mol. The second kappa shape index (κ2) is 5.23. The first-order valence-electron chi connectivity index (χ1n) is 3.66. The molecule has 0 aromatic rings. The Labute approximate surface area is 62.2 Å². The van der Waals surface area contributed by atoms with Gasteiger partial charge in [0.05, 0.1) is 0 Å². The summed E-state index contributed by atoms with van der Waals surface area (Å²) in [5, 5.41) is 0. The first-order valence-corrected chi connectivity index (χ1v) is 3.66. The van der Waals surface area contributed by atoms with Gasteiger partial charge in [0.2, 0.25) is 5.91 Å². The number of carbonyl (C=O) groups excluding carboxylic acids is 1. The maximum absolute atomic E-state index is 10.9. The fraction of sp³-hybridized carbons (Fsp3) is 0.857. The predicted molar refractivity (Wildman–Crippen MR) is 41.6 cm³/mol. The van der Waals surface area contributed by atoms with E-state index < -0.39 is 0 Å². The molecule has 0 rings (SSSR count). The summed E-state index contributed by atoms with van der Waals surface area (Å²) in [5.41, 5.74) is 5.28. The van der Waals surface area contributed by atoms with Gasteiger partial charge in [-0.3, -0.25) is 4.79 Å². The lowest BCUT2D eigenvalue weighted by Gasteiger charge is -2.14. The number of nitrogens with zero attached hydrogens (tertiary/aromatic N) is 1. The van der Waals surface area contributed by atoms with Crippen LogP contribution in [0.1, 0.15) is 19.8 Å². The summed E-state index contributed by atoms with van der Waals surface area (Å²) in [6, 6.07) is 0. The first kappa shape index (κ1) is 9.43. The Morgan fingerprint density at radius 1 is 1.60 bits per heavy atom. The molecule has 0 aliphatic rings. The summed E-state index contributed by atoms with van der Waals surface area (Å²) in [4.78, 5) is 12.6. The first-order chi connectivity index (χ1) is 4.72. The Morgan fingerprint density at radius 2 is 2.20 bits per heavy atom. The molecular formula is C7H16N2O. The minimum atomic E-state index is 0.188. The van der Waals surface area contributed by atoms with Crippen molar-refractivity contribution < 1.29 is 4.79 Å². The van der Waals surface area contributed by atoms with E-state index in [0.29, 0.717) is 13.0 Å². The van der Waals surface area contributed by atoms with Gasteiger partial charge in [0.15, 0.2) is 0 Å². The maximum Gasteiger partial charge on any atom is 0.222 e. The monoisotopic (exact) mass is 144 g/mol. The number of nitrogens with two attached hydrogens (primary N) is 1. The quantitative estimate of drug-likeness (QED) is 0.613. The highest BCUT2D eigenvalue weighted by atomic mass is 16.2. The Balaban J connectivity index is 3.41. The third-order valence-electron chi connectivity index (χ3n) is 1.43. The fourth-order valence-electron chi connectivity index (χ4n) is 0.723. The molecule has 0 spiro atoms. The van der Waals surface area contributed by atoms with E-state index in [1.54, 1.807) is 4.90 Å². The zero-order chi connectivity index (χ0) is 7.98. The number of amides is 1. The number of hydrogen-bond acceptors (Lipinski definition) is 2. The highest BCUT2D eigenvalue weighted by Gasteiger charge is 2.02. The van der Waals surface area contributed by atoms with E-state index in [-0.39, 0.29) is 5.91 Å². The third kappa shape index (κ3) is 3.45. The largest absolute Gasteiger partial charge is 0.346 e. The number of hydrogen-bond donors (Lipinski definition) is 1. The van der Waals surface area contributed by atoms with Crippen LogP contribution in [0.15, 0.2) is 0 Å². The molecule has 3 heteroatoms. The van der Waals surface area contributed by atoms with Crippen LogP contribution in [0.2, 0.25) is 0 Å². The lowest BCUT2D eigenvalue weighted by atomic mass is 10.3. The Kier molecular flexibility index (Phi) is 4.94. The Bertz CT molecular complexity index is 104. The highest BCUT2D eigenvalue weighted by molar-refractivity contribution is 5.75. The van der Waals surface area contributed by atoms with E-state index >= 15 is 0 Å². The van der Waals surface area contributed by atoms with Gasteiger partial charge in [0.25, 0.3) is 0 Å². The molecule has 0 fully saturated rings.